The number of benzene rings is 2. The van der Waals surface area contributed by atoms with Crippen molar-refractivity contribution in [3.8, 4) is 0 Å². The number of hydrogen-bond donors (Lipinski definition) is 3. The zero-order valence-corrected chi connectivity index (χ0v) is 14.2. The molecule has 1 fully saturated rings. The van der Waals surface area contributed by atoms with Gasteiger partial charge in [-0.05, 0) is 42.3 Å². The summed E-state index contributed by atoms with van der Waals surface area (Å²) in [6.07, 6.45) is 1.40. The number of urea groups is 1. The number of primary amides is 1. The van der Waals surface area contributed by atoms with Gasteiger partial charge in [-0.2, -0.15) is 0 Å². The number of nitrogens with one attached hydrogen (secondary N) is 2. The molecule has 4 amide bonds. The second kappa shape index (κ2) is 7.69. The number of hydrogen-bond acceptors (Lipinski definition) is 3. The first kappa shape index (κ1) is 17.5. The van der Waals surface area contributed by atoms with Crippen LogP contribution in [0.2, 0.25) is 0 Å². The van der Waals surface area contributed by atoms with Crippen molar-refractivity contribution in [1.29, 1.82) is 0 Å². The highest BCUT2D eigenvalue weighted by atomic mass is 16.2. The van der Waals surface area contributed by atoms with E-state index in [4.69, 9.17) is 5.73 Å². The number of rotatable bonds is 5. The van der Waals surface area contributed by atoms with E-state index in [-0.39, 0.29) is 11.8 Å². The van der Waals surface area contributed by atoms with Crippen LogP contribution in [-0.2, 0) is 11.3 Å². The number of carbonyl (C=O) groups excluding carboxylic acids is 3. The number of nitrogens with zero attached hydrogens (tertiary/aromatic N) is 1. The Balaban J connectivity index is 1.61. The summed E-state index contributed by atoms with van der Waals surface area (Å²) >= 11 is 0. The fourth-order valence-corrected chi connectivity index (χ4v) is 2.87. The van der Waals surface area contributed by atoms with Crippen molar-refractivity contribution in [3.05, 3.63) is 59.7 Å². The van der Waals surface area contributed by atoms with Gasteiger partial charge in [-0.25, -0.2) is 4.79 Å². The van der Waals surface area contributed by atoms with Crippen LogP contribution >= 0.6 is 0 Å². The molecule has 0 aromatic heterocycles. The van der Waals surface area contributed by atoms with Gasteiger partial charge in [0.15, 0.2) is 0 Å². The predicted octanol–water partition coefficient (Wildman–Crippen LogP) is 2.23. The molecule has 0 atom stereocenters. The predicted molar refractivity (Wildman–Crippen MR) is 98.8 cm³/mol. The SMILES string of the molecule is NC(=O)Nc1ccc(CNC(=O)c2cccc(N3CCCC3=O)c2)cc1. The first-order valence-corrected chi connectivity index (χ1v) is 8.37. The average molecular weight is 352 g/mol. The fraction of sp³-hybridized carbons (Fsp3) is 0.211. The standard InChI is InChI=1S/C19H20N4O3/c20-19(26)22-15-8-6-13(7-9-15)12-21-18(25)14-3-1-4-16(11-14)23-10-2-5-17(23)24/h1,3-4,6-9,11H,2,5,10,12H2,(H,21,25)(H3,20,22,26). The van der Waals surface area contributed by atoms with Crippen molar-refractivity contribution in [3.63, 3.8) is 0 Å². The van der Waals surface area contributed by atoms with E-state index in [2.05, 4.69) is 10.6 Å². The van der Waals surface area contributed by atoms with Gasteiger partial charge in [-0.1, -0.05) is 18.2 Å². The van der Waals surface area contributed by atoms with Gasteiger partial charge < -0.3 is 21.3 Å². The maximum absolute atomic E-state index is 12.4. The summed E-state index contributed by atoms with van der Waals surface area (Å²) in [7, 11) is 0. The Bertz CT molecular complexity index is 833. The van der Waals surface area contributed by atoms with Gasteiger partial charge in [-0.15, -0.1) is 0 Å². The third-order valence-corrected chi connectivity index (χ3v) is 4.17. The molecular formula is C19H20N4O3. The molecule has 2 aromatic rings. The minimum atomic E-state index is -0.623. The van der Waals surface area contributed by atoms with E-state index in [1.54, 1.807) is 47.4 Å². The third kappa shape index (κ3) is 4.18. The van der Waals surface area contributed by atoms with Crippen molar-refractivity contribution in [2.45, 2.75) is 19.4 Å². The van der Waals surface area contributed by atoms with Gasteiger partial charge in [0.05, 0.1) is 0 Å². The Labute approximate surface area is 151 Å². The molecule has 134 valence electrons. The summed E-state index contributed by atoms with van der Waals surface area (Å²) in [5, 5.41) is 5.33. The van der Waals surface area contributed by atoms with Crippen LogP contribution in [0.1, 0.15) is 28.8 Å². The molecule has 0 spiro atoms. The largest absolute Gasteiger partial charge is 0.351 e. The molecular weight excluding hydrogens is 332 g/mol. The van der Waals surface area contributed by atoms with Crippen molar-refractivity contribution in [1.82, 2.24) is 5.32 Å². The van der Waals surface area contributed by atoms with E-state index in [0.717, 1.165) is 17.7 Å². The van der Waals surface area contributed by atoms with Crippen LogP contribution in [0, 0.1) is 0 Å². The van der Waals surface area contributed by atoms with Crippen molar-refractivity contribution >= 4 is 29.2 Å². The second-order valence-corrected chi connectivity index (χ2v) is 6.07. The van der Waals surface area contributed by atoms with E-state index in [9.17, 15) is 14.4 Å². The molecule has 1 heterocycles. The topological polar surface area (TPSA) is 105 Å². The van der Waals surface area contributed by atoms with E-state index in [1.807, 2.05) is 6.07 Å². The molecule has 0 aliphatic carbocycles. The van der Waals surface area contributed by atoms with Crippen LogP contribution in [0.4, 0.5) is 16.2 Å². The zero-order valence-electron chi connectivity index (χ0n) is 14.2. The fourth-order valence-electron chi connectivity index (χ4n) is 2.87. The number of carbonyl (C=O) groups is 3. The van der Waals surface area contributed by atoms with Crippen molar-refractivity contribution in [2.75, 3.05) is 16.8 Å². The normalized spacial score (nSPS) is 13.5. The van der Waals surface area contributed by atoms with Gasteiger partial charge in [0, 0.05) is 36.4 Å². The van der Waals surface area contributed by atoms with Gasteiger partial charge in [0.1, 0.15) is 0 Å². The lowest BCUT2D eigenvalue weighted by Crippen LogP contribution is -2.25. The lowest BCUT2D eigenvalue weighted by Gasteiger charge is -2.16. The molecule has 4 N–H and O–H groups in total. The van der Waals surface area contributed by atoms with Crippen molar-refractivity contribution in [2.24, 2.45) is 5.73 Å². The lowest BCUT2D eigenvalue weighted by atomic mass is 10.1. The van der Waals surface area contributed by atoms with E-state index in [0.29, 0.717) is 30.8 Å². The average Bonchev–Trinajstić information content (AvgIpc) is 3.06. The van der Waals surface area contributed by atoms with Crippen LogP contribution in [0.25, 0.3) is 0 Å². The lowest BCUT2D eigenvalue weighted by molar-refractivity contribution is -0.117. The van der Waals surface area contributed by atoms with Gasteiger partial charge in [0.25, 0.3) is 5.91 Å². The molecule has 7 nitrogen and oxygen atoms in total. The molecule has 0 bridgehead atoms. The van der Waals surface area contributed by atoms with Crippen LogP contribution in [0.5, 0.6) is 0 Å². The summed E-state index contributed by atoms with van der Waals surface area (Å²) in [5.74, 6) is -0.120. The molecule has 0 unspecified atom stereocenters. The van der Waals surface area contributed by atoms with E-state index < -0.39 is 6.03 Å². The Morgan fingerprint density at radius 2 is 1.88 bits per heavy atom. The number of amides is 4. The first-order valence-electron chi connectivity index (χ1n) is 8.37. The summed E-state index contributed by atoms with van der Waals surface area (Å²) < 4.78 is 0. The highest BCUT2D eigenvalue weighted by molar-refractivity contribution is 5.99. The van der Waals surface area contributed by atoms with Gasteiger partial charge in [0.2, 0.25) is 5.91 Å². The summed E-state index contributed by atoms with van der Waals surface area (Å²) in [4.78, 5) is 36.8. The zero-order chi connectivity index (χ0) is 18.5. The second-order valence-electron chi connectivity index (χ2n) is 6.07. The monoisotopic (exact) mass is 352 g/mol. The van der Waals surface area contributed by atoms with Gasteiger partial charge in [-0.3, -0.25) is 9.59 Å². The molecule has 3 rings (SSSR count). The number of nitrogens with two attached hydrogens (primary N) is 1. The van der Waals surface area contributed by atoms with E-state index in [1.165, 1.54) is 0 Å². The van der Waals surface area contributed by atoms with Crippen LogP contribution in [0.15, 0.2) is 48.5 Å². The molecule has 26 heavy (non-hydrogen) atoms. The first-order chi connectivity index (χ1) is 12.5. The third-order valence-electron chi connectivity index (χ3n) is 4.17. The Morgan fingerprint density at radius 3 is 2.54 bits per heavy atom. The minimum Gasteiger partial charge on any atom is -0.351 e. The highest BCUT2D eigenvalue weighted by Crippen LogP contribution is 2.22. The van der Waals surface area contributed by atoms with Gasteiger partial charge >= 0.3 is 6.03 Å². The summed E-state index contributed by atoms with van der Waals surface area (Å²) in [5.41, 5.74) is 7.80. The van der Waals surface area contributed by atoms with Crippen molar-refractivity contribution < 1.29 is 14.4 Å². The van der Waals surface area contributed by atoms with E-state index >= 15 is 0 Å². The molecule has 1 aliphatic heterocycles. The molecule has 1 aliphatic rings. The quantitative estimate of drug-likeness (QED) is 0.768. The number of anilines is 2. The maximum Gasteiger partial charge on any atom is 0.316 e. The Hall–Kier alpha value is -3.35. The summed E-state index contributed by atoms with van der Waals surface area (Å²) in [6, 6.07) is 13.5. The molecule has 0 radical (unpaired) electrons. The van der Waals surface area contributed by atoms with Crippen LogP contribution in [-0.4, -0.2) is 24.4 Å². The molecule has 7 heteroatoms. The molecule has 2 aromatic carbocycles. The maximum atomic E-state index is 12.4. The molecule has 1 saturated heterocycles. The highest BCUT2D eigenvalue weighted by Gasteiger charge is 2.22. The summed E-state index contributed by atoms with van der Waals surface area (Å²) in [6.45, 7) is 1.04. The smallest absolute Gasteiger partial charge is 0.316 e. The Kier molecular flexibility index (Phi) is 5.17. The molecule has 0 saturated carbocycles. The van der Waals surface area contributed by atoms with Crippen LogP contribution < -0.4 is 21.3 Å². The minimum absolute atomic E-state index is 0.0900. The van der Waals surface area contributed by atoms with Crippen LogP contribution in [0.3, 0.4) is 0 Å². The Morgan fingerprint density at radius 1 is 1.12 bits per heavy atom.